The van der Waals surface area contributed by atoms with Gasteiger partial charge >= 0.3 is 0 Å². The molecule has 0 bridgehead atoms. The molecule has 0 radical (unpaired) electrons. The van der Waals surface area contributed by atoms with Crippen molar-refractivity contribution in [1.82, 2.24) is 5.32 Å². The van der Waals surface area contributed by atoms with Gasteiger partial charge in [-0.2, -0.15) is 0 Å². The van der Waals surface area contributed by atoms with E-state index >= 15 is 0 Å². The van der Waals surface area contributed by atoms with Gasteiger partial charge in [0.25, 0.3) is 0 Å². The van der Waals surface area contributed by atoms with Gasteiger partial charge in [-0.1, -0.05) is 26.0 Å². The van der Waals surface area contributed by atoms with E-state index in [-0.39, 0.29) is 23.3 Å². The lowest BCUT2D eigenvalue weighted by Crippen LogP contribution is -2.32. The van der Waals surface area contributed by atoms with Crippen LogP contribution in [0.5, 0.6) is 0 Å². The number of rotatable bonds is 8. The van der Waals surface area contributed by atoms with E-state index in [1.54, 1.807) is 12.1 Å². The van der Waals surface area contributed by atoms with Crippen molar-refractivity contribution >= 4 is 21.4 Å². The Kier molecular flexibility index (Phi) is 7.18. The molecule has 0 saturated carbocycles. The van der Waals surface area contributed by atoms with E-state index in [0.717, 1.165) is 17.8 Å². The van der Waals surface area contributed by atoms with Crippen LogP contribution in [-0.2, 0) is 14.6 Å². The van der Waals surface area contributed by atoms with E-state index in [1.165, 1.54) is 12.1 Å². The Labute approximate surface area is 166 Å². The Morgan fingerprint density at radius 2 is 1.61 bits per heavy atom. The van der Waals surface area contributed by atoms with Crippen LogP contribution in [0.3, 0.4) is 0 Å². The summed E-state index contributed by atoms with van der Waals surface area (Å²) in [5.41, 5.74) is 1.50. The number of hydrogen-bond donors (Lipinski definition) is 1. The minimum atomic E-state index is -3.82. The molecule has 28 heavy (non-hydrogen) atoms. The Bertz CT molecular complexity index is 892. The molecule has 5 nitrogen and oxygen atoms in total. The molecule has 0 aliphatic heterocycles. The van der Waals surface area contributed by atoms with Crippen molar-refractivity contribution in [2.45, 2.75) is 30.4 Å². The lowest BCUT2D eigenvalue weighted by Gasteiger charge is -2.21. The molecular formula is C21H27FN2O3S. The van der Waals surface area contributed by atoms with E-state index in [9.17, 15) is 17.6 Å². The molecular weight excluding hydrogens is 379 g/mol. The number of hydrogen-bond acceptors (Lipinski definition) is 4. The molecule has 7 heteroatoms. The van der Waals surface area contributed by atoms with Gasteiger partial charge in [0.05, 0.1) is 4.90 Å². The van der Waals surface area contributed by atoms with E-state index in [1.807, 2.05) is 45.0 Å². The van der Waals surface area contributed by atoms with Gasteiger partial charge in [-0.25, -0.2) is 12.8 Å². The van der Waals surface area contributed by atoms with Crippen molar-refractivity contribution < 1.29 is 17.6 Å². The van der Waals surface area contributed by atoms with Crippen LogP contribution in [0.2, 0.25) is 0 Å². The highest BCUT2D eigenvalue weighted by Gasteiger charge is 2.29. The third-order valence-electron chi connectivity index (χ3n) is 4.38. The Hall–Kier alpha value is -2.41. The van der Waals surface area contributed by atoms with Gasteiger partial charge in [-0.3, -0.25) is 4.79 Å². The molecule has 1 amide bonds. The number of carbonyl (C=O) groups is 1. The van der Waals surface area contributed by atoms with Crippen LogP contribution >= 0.6 is 0 Å². The molecule has 0 heterocycles. The van der Waals surface area contributed by atoms with Crippen LogP contribution in [0.15, 0.2) is 53.4 Å². The average molecular weight is 407 g/mol. The van der Waals surface area contributed by atoms with E-state index < -0.39 is 20.9 Å². The third kappa shape index (κ3) is 5.55. The Morgan fingerprint density at radius 3 is 2.11 bits per heavy atom. The molecule has 0 spiro atoms. The smallest absolute Gasteiger partial charge is 0.220 e. The van der Waals surface area contributed by atoms with E-state index in [4.69, 9.17) is 0 Å². The SMILES string of the molecule is CC(C)CC(=O)NC[C@H](c1ccc(N(C)C)cc1)S(=O)(=O)c1ccc(F)cc1. The predicted molar refractivity (Wildman–Crippen MR) is 110 cm³/mol. The molecule has 0 aliphatic rings. The molecule has 0 fully saturated rings. The molecule has 0 aliphatic carbocycles. The maximum atomic E-state index is 13.2. The largest absolute Gasteiger partial charge is 0.378 e. The zero-order valence-electron chi connectivity index (χ0n) is 16.6. The quantitative estimate of drug-likeness (QED) is 0.681. The summed E-state index contributed by atoms with van der Waals surface area (Å²) in [6.07, 6.45) is 0.322. The second-order valence-electron chi connectivity index (χ2n) is 7.38. The summed E-state index contributed by atoms with van der Waals surface area (Å²) < 4.78 is 39.7. The van der Waals surface area contributed by atoms with Crippen molar-refractivity contribution in [3.05, 3.63) is 59.9 Å². The number of benzene rings is 2. The monoisotopic (exact) mass is 406 g/mol. The van der Waals surface area contributed by atoms with E-state index in [0.29, 0.717) is 12.0 Å². The number of sulfone groups is 1. The first kappa shape index (κ1) is 21.9. The molecule has 1 N–H and O–H groups in total. The topological polar surface area (TPSA) is 66.5 Å². The van der Waals surface area contributed by atoms with Crippen LogP contribution < -0.4 is 10.2 Å². The zero-order chi connectivity index (χ0) is 20.9. The molecule has 2 rings (SSSR count). The molecule has 0 aromatic heterocycles. The summed E-state index contributed by atoms with van der Waals surface area (Å²) in [4.78, 5) is 14.0. The number of halogens is 1. The fourth-order valence-electron chi connectivity index (χ4n) is 2.83. The number of anilines is 1. The van der Waals surface area contributed by atoms with Gasteiger partial charge in [0.1, 0.15) is 11.1 Å². The van der Waals surface area contributed by atoms with Gasteiger partial charge in [-0.05, 0) is 47.9 Å². The second kappa shape index (κ2) is 9.19. The van der Waals surface area contributed by atoms with Crippen molar-refractivity contribution in [3.8, 4) is 0 Å². The molecule has 0 unspecified atom stereocenters. The van der Waals surface area contributed by atoms with E-state index in [2.05, 4.69) is 5.32 Å². The number of nitrogens with zero attached hydrogens (tertiary/aromatic N) is 1. The minimum absolute atomic E-state index is 0.0219. The predicted octanol–water partition coefficient (Wildman–Crippen LogP) is 3.57. The van der Waals surface area contributed by atoms with Crippen LogP contribution in [0.1, 0.15) is 31.1 Å². The first-order chi connectivity index (χ1) is 13.1. The third-order valence-corrected chi connectivity index (χ3v) is 6.49. The summed E-state index contributed by atoms with van der Waals surface area (Å²) in [7, 11) is -0.0297. The Morgan fingerprint density at radius 1 is 1.04 bits per heavy atom. The van der Waals surface area contributed by atoms with Gasteiger partial charge in [0.15, 0.2) is 9.84 Å². The number of nitrogens with one attached hydrogen (secondary N) is 1. The van der Waals surface area contributed by atoms with Crippen molar-refractivity contribution in [3.63, 3.8) is 0 Å². The van der Waals surface area contributed by atoms with Crippen LogP contribution in [0.4, 0.5) is 10.1 Å². The molecule has 2 aromatic rings. The molecule has 0 saturated heterocycles. The molecule has 1 atom stereocenters. The summed E-state index contributed by atoms with van der Waals surface area (Å²) >= 11 is 0. The van der Waals surface area contributed by atoms with Crippen molar-refractivity contribution in [1.29, 1.82) is 0 Å². The lowest BCUT2D eigenvalue weighted by molar-refractivity contribution is -0.121. The highest BCUT2D eigenvalue weighted by Crippen LogP contribution is 2.30. The van der Waals surface area contributed by atoms with Crippen molar-refractivity contribution in [2.24, 2.45) is 5.92 Å². The van der Waals surface area contributed by atoms with Gasteiger partial charge in [0.2, 0.25) is 5.91 Å². The summed E-state index contributed by atoms with van der Waals surface area (Å²) in [6.45, 7) is 3.80. The van der Waals surface area contributed by atoms with Crippen LogP contribution in [0.25, 0.3) is 0 Å². The fourth-order valence-corrected chi connectivity index (χ4v) is 4.49. The van der Waals surface area contributed by atoms with Gasteiger partial charge < -0.3 is 10.2 Å². The molecule has 2 aromatic carbocycles. The van der Waals surface area contributed by atoms with Crippen molar-refractivity contribution in [2.75, 3.05) is 25.5 Å². The minimum Gasteiger partial charge on any atom is -0.378 e. The highest BCUT2D eigenvalue weighted by molar-refractivity contribution is 7.91. The zero-order valence-corrected chi connectivity index (χ0v) is 17.5. The highest BCUT2D eigenvalue weighted by atomic mass is 32.2. The standard InChI is InChI=1S/C21H27FN2O3S/c1-15(2)13-21(25)23-14-20(16-5-9-18(10-6-16)24(3)4)28(26,27)19-11-7-17(22)8-12-19/h5-12,15,20H,13-14H2,1-4H3,(H,23,25)/t20-/m1/s1. The van der Waals surface area contributed by atoms with Gasteiger partial charge in [-0.15, -0.1) is 0 Å². The maximum absolute atomic E-state index is 13.2. The average Bonchev–Trinajstić information content (AvgIpc) is 2.62. The first-order valence-electron chi connectivity index (χ1n) is 9.14. The van der Waals surface area contributed by atoms with Crippen LogP contribution in [0, 0.1) is 11.7 Å². The maximum Gasteiger partial charge on any atom is 0.220 e. The summed E-state index contributed by atoms with van der Waals surface area (Å²) in [5, 5.41) is 1.77. The number of amides is 1. The first-order valence-corrected chi connectivity index (χ1v) is 10.7. The number of carbonyl (C=O) groups excluding carboxylic acids is 1. The fraction of sp³-hybridized carbons (Fsp3) is 0.381. The summed E-state index contributed by atoms with van der Waals surface area (Å²) in [5.74, 6) is -0.526. The molecule has 152 valence electrons. The van der Waals surface area contributed by atoms with Gasteiger partial charge in [0, 0.05) is 32.7 Å². The second-order valence-corrected chi connectivity index (χ2v) is 9.51. The normalized spacial score (nSPS) is 12.6. The lowest BCUT2D eigenvalue weighted by atomic mass is 10.1. The van der Waals surface area contributed by atoms with Crippen LogP contribution in [-0.4, -0.2) is 35.0 Å². The Balaban J connectivity index is 2.37. The summed E-state index contributed by atoms with van der Waals surface area (Å²) in [6, 6.07) is 11.9.